The predicted octanol–water partition coefficient (Wildman–Crippen LogP) is 5.26. The molecule has 0 bridgehead atoms. The molecule has 0 N–H and O–H groups in total. The number of rotatable bonds is 7. The Hall–Kier alpha value is -1.94. The fourth-order valence-electron chi connectivity index (χ4n) is 2.95. The van der Waals surface area contributed by atoms with Gasteiger partial charge in [-0.25, -0.2) is 0 Å². The van der Waals surface area contributed by atoms with Crippen molar-refractivity contribution in [3.8, 4) is 6.07 Å². The van der Waals surface area contributed by atoms with Crippen molar-refractivity contribution in [1.29, 1.82) is 5.26 Å². The van der Waals surface area contributed by atoms with Crippen LogP contribution >= 0.6 is 24.9 Å². The van der Waals surface area contributed by atoms with Crippen molar-refractivity contribution in [3.63, 3.8) is 0 Å². The standard InChI is InChI=1S/C23H22NP.BrH/c24-19-9-3-4-10-20-15-17-23(18-16-20)25(21-11-5-1-6-12-21)22-13-7-2-8-14-22;/h1-2,5-8,11-18H,3-4,9-10H2;1H. The van der Waals surface area contributed by atoms with Gasteiger partial charge in [0.05, 0.1) is 6.07 Å². The molecule has 3 rings (SSSR count). The average Bonchev–Trinajstić information content (AvgIpc) is 2.68. The van der Waals surface area contributed by atoms with Crippen LogP contribution in [0.3, 0.4) is 0 Å². The number of nitriles is 1. The summed E-state index contributed by atoms with van der Waals surface area (Å²) in [4.78, 5) is 0. The number of hydrogen-bond donors (Lipinski definition) is 0. The molecule has 3 aromatic carbocycles. The lowest BCUT2D eigenvalue weighted by Crippen LogP contribution is -2.20. The number of hydrogen-bond acceptors (Lipinski definition) is 1. The lowest BCUT2D eigenvalue weighted by atomic mass is 10.1. The first kappa shape index (κ1) is 20.4. The quantitative estimate of drug-likeness (QED) is 0.375. The van der Waals surface area contributed by atoms with Gasteiger partial charge in [-0.15, -0.1) is 17.0 Å². The van der Waals surface area contributed by atoms with Crippen molar-refractivity contribution < 1.29 is 0 Å². The topological polar surface area (TPSA) is 23.8 Å². The summed E-state index contributed by atoms with van der Waals surface area (Å²) in [6.45, 7) is 0. The smallest absolute Gasteiger partial charge is 0.0621 e. The molecule has 3 aromatic rings. The molecule has 0 saturated heterocycles. The molecule has 0 aromatic heterocycles. The van der Waals surface area contributed by atoms with Gasteiger partial charge >= 0.3 is 0 Å². The molecule has 26 heavy (non-hydrogen) atoms. The zero-order valence-electron chi connectivity index (χ0n) is 14.7. The minimum Gasteiger partial charge on any atom is -0.198 e. The minimum absolute atomic E-state index is 0. The highest BCUT2D eigenvalue weighted by Crippen LogP contribution is 2.32. The van der Waals surface area contributed by atoms with Crippen molar-refractivity contribution in [2.24, 2.45) is 0 Å². The number of aryl methyl sites for hydroxylation is 1. The highest BCUT2D eigenvalue weighted by molar-refractivity contribution is 8.93. The van der Waals surface area contributed by atoms with Gasteiger partial charge in [-0.3, -0.25) is 0 Å². The van der Waals surface area contributed by atoms with E-state index in [9.17, 15) is 0 Å². The summed E-state index contributed by atoms with van der Waals surface area (Å²) < 4.78 is 0. The monoisotopic (exact) mass is 423 g/mol. The molecule has 0 aliphatic carbocycles. The van der Waals surface area contributed by atoms with Gasteiger partial charge in [0.15, 0.2) is 0 Å². The highest BCUT2D eigenvalue weighted by atomic mass is 79.9. The maximum Gasteiger partial charge on any atom is 0.0621 e. The molecule has 3 heteroatoms. The zero-order valence-corrected chi connectivity index (χ0v) is 17.3. The molecule has 0 fully saturated rings. The fourth-order valence-corrected chi connectivity index (χ4v) is 5.23. The second-order valence-electron chi connectivity index (χ2n) is 6.04. The van der Waals surface area contributed by atoms with Crippen molar-refractivity contribution in [1.82, 2.24) is 0 Å². The Morgan fingerprint density at radius 2 is 1.15 bits per heavy atom. The van der Waals surface area contributed by atoms with E-state index in [1.165, 1.54) is 21.5 Å². The first-order valence-electron chi connectivity index (χ1n) is 8.74. The lowest BCUT2D eigenvalue weighted by Gasteiger charge is -2.19. The van der Waals surface area contributed by atoms with E-state index in [1.54, 1.807) is 0 Å². The summed E-state index contributed by atoms with van der Waals surface area (Å²) in [5.74, 6) is 0. The number of halogens is 1. The summed E-state index contributed by atoms with van der Waals surface area (Å²) in [6, 6.07) is 32.9. The molecule has 0 radical (unpaired) electrons. The van der Waals surface area contributed by atoms with Crippen LogP contribution < -0.4 is 15.9 Å². The predicted molar refractivity (Wildman–Crippen MR) is 119 cm³/mol. The van der Waals surface area contributed by atoms with Gasteiger partial charge < -0.3 is 0 Å². The first-order valence-corrected chi connectivity index (χ1v) is 10.1. The number of nitrogens with zero attached hydrogens (tertiary/aromatic N) is 1. The minimum atomic E-state index is -0.520. The van der Waals surface area contributed by atoms with Gasteiger partial charge in [0, 0.05) is 6.42 Å². The molecular formula is C23H23BrNP. The Kier molecular flexibility index (Phi) is 8.56. The van der Waals surface area contributed by atoms with Gasteiger partial charge in [0.25, 0.3) is 0 Å². The van der Waals surface area contributed by atoms with Crippen LogP contribution in [0.1, 0.15) is 24.8 Å². The lowest BCUT2D eigenvalue weighted by molar-refractivity contribution is 0.753. The Bertz CT molecular complexity index is 771. The molecule has 0 saturated carbocycles. The summed E-state index contributed by atoms with van der Waals surface area (Å²) >= 11 is 0. The summed E-state index contributed by atoms with van der Waals surface area (Å²) in [5.41, 5.74) is 1.36. The molecule has 0 aliphatic heterocycles. The van der Waals surface area contributed by atoms with Crippen LogP contribution in [-0.2, 0) is 6.42 Å². The van der Waals surface area contributed by atoms with Gasteiger partial charge in [0.1, 0.15) is 0 Å². The third-order valence-electron chi connectivity index (χ3n) is 4.23. The molecular weight excluding hydrogens is 401 g/mol. The number of unbranched alkanes of at least 4 members (excludes halogenated alkanes) is 2. The van der Waals surface area contributed by atoms with E-state index in [-0.39, 0.29) is 17.0 Å². The SMILES string of the molecule is Br.N#CCCCCc1ccc(P(c2ccccc2)c2ccccc2)cc1. The van der Waals surface area contributed by atoms with E-state index < -0.39 is 7.92 Å². The first-order chi connectivity index (χ1) is 12.4. The third kappa shape index (κ3) is 5.53. The molecule has 0 amide bonds. The summed E-state index contributed by atoms with van der Waals surface area (Å²) in [6.07, 6.45) is 3.78. The maximum atomic E-state index is 8.63. The summed E-state index contributed by atoms with van der Waals surface area (Å²) in [5, 5.41) is 12.8. The van der Waals surface area contributed by atoms with E-state index in [2.05, 4.69) is 91.0 Å². The van der Waals surface area contributed by atoms with Crippen molar-refractivity contribution in [3.05, 3.63) is 90.5 Å². The molecule has 0 heterocycles. The molecule has 132 valence electrons. The Morgan fingerprint density at radius 3 is 1.65 bits per heavy atom. The molecule has 0 atom stereocenters. The van der Waals surface area contributed by atoms with E-state index in [0.29, 0.717) is 6.42 Å². The van der Waals surface area contributed by atoms with Gasteiger partial charge in [-0.05, 0) is 48.7 Å². The van der Waals surface area contributed by atoms with Crippen LogP contribution in [0.15, 0.2) is 84.9 Å². The molecule has 0 aliphatic rings. The number of benzene rings is 3. The van der Waals surface area contributed by atoms with Crippen molar-refractivity contribution in [2.45, 2.75) is 25.7 Å². The second-order valence-corrected chi connectivity index (χ2v) is 8.26. The normalized spacial score (nSPS) is 10.2. The van der Waals surface area contributed by atoms with Gasteiger partial charge in [-0.1, -0.05) is 84.9 Å². The second kappa shape index (κ2) is 10.9. The maximum absolute atomic E-state index is 8.63. The Morgan fingerprint density at radius 1 is 0.654 bits per heavy atom. The molecule has 0 spiro atoms. The van der Waals surface area contributed by atoms with Gasteiger partial charge in [0.2, 0.25) is 0 Å². The van der Waals surface area contributed by atoms with E-state index >= 15 is 0 Å². The summed E-state index contributed by atoms with van der Waals surface area (Å²) in [7, 11) is -0.520. The average molecular weight is 424 g/mol. The fraction of sp³-hybridized carbons (Fsp3) is 0.174. The van der Waals surface area contributed by atoms with Crippen LogP contribution in [0.2, 0.25) is 0 Å². The van der Waals surface area contributed by atoms with Gasteiger partial charge in [-0.2, -0.15) is 5.26 Å². The molecule has 1 nitrogen and oxygen atoms in total. The van der Waals surface area contributed by atoms with Crippen LogP contribution in [0, 0.1) is 11.3 Å². The molecule has 0 unspecified atom stereocenters. The van der Waals surface area contributed by atoms with Crippen molar-refractivity contribution >= 4 is 40.8 Å². The Balaban J connectivity index is 0.00000243. The van der Waals surface area contributed by atoms with Crippen LogP contribution in [0.4, 0.5) is 0 Å². The van der Waals surface area contributed by atoms with E-state index in [1.807, 2.05) is 0 Å². The third-order valence-corrected chi connectivity index (χ3v) is 6.67. The zero-order chi connectivity index (χ0) is 17.3. The highest BCUT2D eigenvalue weighted by Gasteiger charge is 2.15. The van der Waals surface area contributed by atoms with E-state index in [0.717, 1.165) is 19.3 Å². The Labute approximate surface area is 168 Å². The largest absolute Gasteiger partial charge is 0.198 e. The van der Waals surface area contributed by atoms with Crippen molar-refractivity contribution in [2.75, 3.05) is 0 Å². The van der Waals surface area contributed by atoms with Crippen LogP contribution in [0.5, 0.6) is 0 Å². The van der Waals surface area contributed by atoms with Crippen LogP contribution in [-0.4, -0.2) is 0 Å². The van der Waals surface area contributed by atoms with E-state index in [4.69, 9.17) is 5.26 Å². The van der Waals surface area contributed by atoms with Crippen LogP contribution in [0.25, 0.3) is 0 Å².